The average Bonchev–Trinajstić information content (AvgIpc) is 3.51. The molecule has 4 fully saturated rings. The third-order valence-electron chi connectivity index (χ3n) is 13.8. The third kappa shape index (κ3) is 3.85. The van der Waals surface area contributed by atoms with Crippen molar-refractivity contribution in [3.8, 4) is 41.9 Å². The van der Waals surface area contributed by atoms with Gasteiger partial charge in [-0.3, -0.25) is 0 Å². The molecule has 0 aromatic heterocycles. The van der Waals surface area contributed by atoms with Crippen LogP contribution >= 0.6 is 0 Å². The van der Waals surface area contributed by atoms with E-state index in [4.69, 9.17) is 17.6 Å². The predicted molar refractivity (Wildman–Crippen MR) is 167 cm³/mol. The first-order chi connectivity index (χ1) is 20.7. The molecule has 4 saturated carbocycles. The molecule has 3 N–H and O–H groups in total. The standard InChI is InChI=1S/C39H44O4/c1-4-38(41)18-15-31-27-9-6-24-21-35(40)36(22-32(24)28(27)12-13-34(31)38)43-25-8-11-26-23(20-25)7-10-30-29(26)14-17-37(3)33(30)16-19-39(37,42)5-2/h1-2,8,11,20-22,27-31,33-34,40-42H,6-7,9-10,12-19H2,3H3/t27?,28?,29?,30?,31?,33?,34?,37-,38-,39-/m0/s1. The van der Waals surface area contributed by atoms with Crippen molar-refractivity contribution >= 4 is 0 Å². The fourth-order valence-corrected chi connectivity index (χ4v) is 11.5. The van der Waals surface area contributed by atoms with Crippen LogP contribution in [0, 0.1) is 59.7 Å². The van der Waals surface area contributed by atoms with Crippen LogP contribution in [0.15, 0.2) is 30.3 Å². The van der Waals surface area contributed by atoms with Crippen LogP contribution in [0.1, 0.15) is 105 Å². The van der Waals surface area contributed by atoms with Gasteiger partial charge in [-0.1, -0.05) is 24.8 Å². The number of benzene rings is 2. The summed E-state index contributed by atoms with van der Waals surface area (Å²) in [7, 11) is 0. The first-order valence-electron chi connectivity index (χ1n) is 16.7. The molecule has 4 nitrogen and oxygen atoms in total. The van der Waals surface area contributed by atoms with Crippen molar-refractivity contribution in [1.29, 1.82) is 0 Å². The predicted octanol–water partition coefficient (Wildman–Crippen LogP) is 7.24. The number of ether oxygens (including phenoxy) is 1. The summed E-state index contributed by atoms with van der Waals surface area (Å²) in [6.07, 6.45) is 23.2. The van der Waals surface area contributed by atoms with Gasteiger partial charge in [0, 0.05) is 11.3 Å². The van der Waals surface area contributed by atoms with Crippen LogP contribution in [0.3, 0.4) is 0 Å². The second-order valence-corrected chi connectivity index (χ2v) is 15.2. The van der Waals surface area contributed by atoms with Crippen molar-refractivity contribution in [2.75, 3.05) is 0 Å². The summed E-state index contributed by atoms with van der Waals surface area (Å²) in [5.41, 5.74) is 3.23. The average molecular weight is 577 g/mol. The highest BCUT2D eigenvalue weighted by Crippen LogP contribution is 2.64. The molecule has 4 heteroatoms. The molecule has 6 aliphatic rings. The molecule has 0 bridgehead atoms. The normalized spacial score (nSPS) is 42.2. The zero-order valence-electron chi connectivity index (χ0n) is 25.3. The Morgan fingerprint density at radius 2 is 1.51 bits per heavy atom. The minimum Gasteiger partial charge on any atom is -0.504 e. The molecule has 0 heterocycles. The molecule has 2 aromatic rings. The van der Waals surface area contributed by atoms with E-state index in [0.717, 1.165) is 70.0 Å². The molecule has 7 unspecified atom stereocenters. The summed E-state index contributed by atoms with van der Waals surface area (Å²) >= 11 is 0. The summed E-state index contributed by atoms with van der Waals surface area (Å²) in [6.45, 7) is 2.23. The largest absolute Gasteiger partial charge is 0.504 e. The maximum Gasteiger partial charge on any atom is 0.169 e. The van der Waals surface area contributed by atoms with E-state index in [-0.39, 0.29) is 17.1 Å². The van der Waals surface area contributed by atoms with E-state index >= 15 is 0 Å². The Morgan fingerprint density at radius 1 is 0.744 bits per heavy atom. The van der Waals surface area contributed by atoms with Crippen molar-refractivity contribution in [1.82, 2.24) is 0 Å². The van der Waals surface area contributed by atoms with Gasteiger partial charge < -0.3 is 20.1 Å². The van der Waals surface area contributed by atoms with Crippen molar-refractivity contribution in [2.45, 2.75) is 107 Å². The van der Waals surface area contributed by atoms with Gasteiger partial charge in [-0.15, -0.1) is 12.8 Å². The zero-order chi connectivity index (χ0) is 29.7. The molecule has 6 aliphatic carbocycles. The first-order valence-corrected chi connectivity index (χ1v) is 16.7. The zero-order valence-corrected chi connectivity index (χ0v) is 25.3. The highest BCUT2D eigenvalue weighted by molar-refractivity contribution is 5.52. The lowest BCUT2D eigenvalue weighted by molar-refractivity contribution is -0.0646. The van der Waals surface area contributed by atoms with Crippen LogP contribution in [-0.2, 0) is 12.8 Å². The number of hydrogen-bond donors (Lipinski definition) is 3. The van der Waals surface area contributed by atoms with E-state index in [2.05, 4.69) is 43.0 Å². The Morgan fingerprint density at radius 3 is 2.30 bits per heavy atom. The lowest BCUT2D eigenvalue weighted by Gasteiger charge is -2.52. The van der Waals surface area contributed by atoms with Crippen LogP contribution in [0.25, 0.3) is 0 Å². The van der Waals surface area contributed by atoms with Crippen molar-refractivity contribution in [3.05, 3.63) is 52.6 Å². The Hall–Kier alpha value is -2.92. The molecule has 0 spiro atoms. The lowest BCUT2D eigenvalue weighted by Crippen LogP contribution is -2.50. The van der Waals surface area contributed by atoms with Gasteiger partial charge in [0.1, 0.15) is 17.0 Å². The molecule has 10 atom stereocenters. The Balaban J connectivity index is 1.03. The maximum atomic E-state index is 11.3. The third-order valence-corrected chi connectivity index (χ3v) is 13.8. The quantitative estimate of drug-likeness (QED) is 0.330. The first kappa shape index (κ1) is 27.6. The van der Waals surface area contributed by atoms with Crippen LogP contribution in [0.2, 0.25) is 0 Å². The summed E-state index contributed by atoms with van der Waals surface area (Å²) in [5, 5.41) is 33.3. The monoisotopic (exact) mass is 576 g/mol. The fourth-order valence-electron chi connectivity index (χ4n) is 11.5. The summed E-state index contributed by atoms with van der Waals surface area (Å²) in [6, 6.07) is 10.6. The number of fused-ring (bicyclic) bond motifs is 10. The molecule has 8 rings (SSSR count). The fraction of sp³-hybridized carbons (Fsp3) is 0.590. The Kier molecular flexibility index (Phi) is 6.13. The molecule has 43 heavy (non-hydrogen) atoms. The number of phenolic OH excluding ortho intramolecular Hbond substituents is 1. The van der Waals surface area contributed by atoms with E-state index in [1.54, 1.807) is 0 Å². The van der Waals surface area contributed by atoms with Gasteiger partial charge in [0.15, 0.2) is 11.5 Å². The highest BCUT2D eigenvalue weighted by atomic mass is 16.5. The van der Waals surface area contributed by atoms with E-state index in [9.17, 15) is 15.3 Å². The second-order valence-electron chi connectivity index (χ2n) is 15.2. The maximum absolute atomic E-state index is 11.3. The van der Waals surface area contributed by atoms with E-state index in [1.165, 1.54) is 22.3 Å². The topological polar surface area (TPSA) is 69.9 Å². The minimum atomic E-state index is -0.973. The number of aryl methyl sites for hydroxylation is 2. The van der Waals surface area contributed by atoms with Gasteiger partial charge in [-0.05, 0) is 159 Å². The molecule has 2 aromatic carbocycles. The molecule has 0 amide bonds. The number of phenols is 1. The number of aromatic hydroxyl groups is 1. The molecule has 0 saturated heterocycles. The van der Waals surface area contributed by atoms with Crippen molar-refractivity contribution in [2.24, 2.45) is 35.0 Å². The Labute approximate surface area is 256 Å². The minimum absolute atomic E-state index is 0.189. The van der Waals surface area contributed by atoms with Gasteiger partial charge in [0.25, 0.3) is 0 Å². The molecule has 0 aliphatic heterocycles. The van der Waals surface area contributed by atoms with E-state index < -0.39 is 11.2 Å². The molecule has 0 radical (unpaired) electrons. The molecule has 224 valence electrons. The number of hydrogen-bond acceptors (Lipinski definition) is 4. The van der Waals surface area contributed by atoms with Crippen molar-refractivity contribution in [3.63, 3.8) is 0 Å². The van der Waals surface area contributed by atoms with Crippen LogP contribution in [0.5, 0.6) is 17.2 Å². The highest BCUT2D eigenvalue weighted by Gasteiger charge is 2.61. The van der Waals surface area contributed by atoms with Crippen LogP contribution < -0.4 is 4.74 Å². The van der Waals surface area contributed by atoms with Gasteiger partial charge in [-0.2, -0.15) is 0 Å². The van der Waals surface area contributed by atoms with Gasteiger partial charge in [0.2, 0.25) is 0 Å². The molecular weight excluding hydrogens is 532 g/mol. The summed E-state index contributed by atoms with van der Waals surface area (Å²) < 4.78 is 6.45. The smallest absolute Gasteiger partial charge is 0.169 e. The SMILES string of the molecule is C#C[C@]1(O)CCC2C3CCc4cc(O)c(Oc5ccc6c(c5)CCC5C6CC[C@@]6(C)C5CC[C@@]6(O)C#C)cc4C3CCC21. The van der Waals surface area contributed by atoms with E-state index in [0.29, 0.717) is 54.1 Å². The van der Waals surface area contributed by atoms with Gasteiger partial charge in [-0.25, -0.2) is 0 Å². The van der Waals surface area contributed by atoms with Crippen molar-refractivity contribution < 1.29 is 20.1 Å². The second kappa shape index (κ2) is 9.54. The van der Waals surface area contributed by atoms with E-state index in [1.807, 2.05) is 6.07 Å². The van der Waals surface area contributed by atoms with Gasteiger partial charge in [0.05, 0.1) is 0 Å². The number of terminal acetylenes is 2. The Bertz CT molecular complexity index is 1560. The van der Waals surface area contributed by atoms with Crippen LogP contribution in [-0.4, -0.2) is 26.5 Å². The summed E-state index contributed by atoms with van der Waals surface area (Å²) in [4.78, 5) is 0. The van der Waals surface area contributed by atoms with Gasteiger partial charge >= 0.3 is 0 Å². The molecular formula is C39H44O4. The van der Waals surface area contributed by atoms with Crippen LogP contribution in [0.4, 0.5) is 0 Å². The number of rotatable bonds is 2. The summed E-state index contributed by atoms with van der Waals surface area (Å²) in [5.74, 6) is 10.2. The lowest BCUT2D eigenvalue weighted by atomic mass is 9.53. The number of aliphatic hydroxyl groups is 2.